The molecule has 0 bridgehead atoms. The molecule has 0 heterocycles. The van der Waals surface area contributed by atoms with E-state index in [1.807, 2.05) is 19.1 Å². The number of hydrogen-bond acceptors (Lipinski definition) is 3. The Labute approximate surface area is 198 Å². The highest BCUT2D eigenvalue weighted by Gasteiger charge is 2.34. The molecule has 172 valence electrons. The second-order valence-corrected chi connectivity index (χ2v) is 9.13. The Morgan fingerprint density at radius 2 is 1.58 bits per heavy atom. The lowest BCUT2D eigenvalue weighted by atomic mass is 10.1. The molecule has 0 radical (unpaired) electrons. The highest BCUT2D eigenvalue weighted by atomic mass is 35.5. The number of carbonyl (C=O) groups excluding carboxylic acids is 2. The van der Waals surface area contributed by atoms with E-state index in [0.717, 1.165) is 22.6 Å². The van der Waals surface area contributed by atoms with Gasteiger partial charge in [-0.1, -0.05) is 29.3 Å². The van der Waals surface area contributed by atoms with Gasteiger partial charge in [0, 0.05) is 21.2 Å². The van der Waals surface area contributed by atoms with Crippen LogP contribution in [0.25, 0.3) is 0 Å². The first-order valence-corrected chi connectivity index (χ1v) is 11.1. The fraction of sp³-hybridized carbons (Fsp3) is 0.167. The van der Waals surface area contributed by atoms with E-state index in [1.165, 1.54) is 17.8 Å². The van der Waals surface area contributed by atoms with Crippen LogP contribution in [0.15, 0.2) is 71.6 Å². The SMILES string of the molecule is Cc1ccc(C(=O)Nc2ccc(SC(C)C(=O)Nc3ccc(Cl)cc3C(F)(F)F)cc2)cc1. The molecular formula is C24H20ClF3N2O2S. The van der Waals surface area contributed by atoms with Gasteiger partial charge in [0.2, 0.25) is 5.91 Å². The molecule has 0 aromatic heterocycles. The van der Waals surface area contributed by atoms with Crippen molar-refractivity contribution in [2.75, 3.05) is 10.6 Å². The van der Waals surface area contributed by atoms with Gasteiger partial charge in [-0.15, -0.1) is 11.8 Å². The van der Waals surface area contributed by atoms with Crippen molar-refractivity contribution in [1.82, 2.24) is 0 Å². The predicted molar refractivity (Wildman–Crippen MR) is 126 cm³/mol. The summed E-state index contributed by atoms with van der Waals surface area (Å²) in [5.74, 6) is -0.823. The third kappa shape index (κ3) is 6.76. The van der Waals surface area contributed by atoms with E-state index in [4.69, 9.17) is 11.6 Å². The zero-order chi connectivity index (χ0) is 24.2. The quantitative estimate of drug-likeness (QED) is 0.363. The summed E-state index contributed by atoms with van der Waals surface area (Å²) in [7, 11) is 0. The predicted octanol–water partition coefficient (Wildman–Crippen LogP) is 7.04. The fourth-order valence-electron chi connectivity index (χ4n) is 2.88. The van der Waals surface area contributed by atoms with Gasteiger partial charge >= 0.3 is 6.18 Å². The van der Waals surface area contributed by atoms with E-state index in [0.29, 0.717) is 11.3 Å². The lowest BCUT2D eigenvalue weighted by Gasteiger charge is -2.17. The number of alkyl halides is 3. The summed E-state index contributed by atoms with van der Waals surface area (Å²) in [6, 6.07) is 17.2. The fourth-order valence-corrected chi connectivity index (χ4v) is 3.92. The van der Waals surface area contributed by atoms with E-state index in [9.17, 15) is 22.8 Å². The Kier molecular flexibility index (Phi) is 7.71. The topological polar surface area (TPSA) is 58.2 Å². The number of benzene rings is 3. The highest BCUT2D eigenvalue weighted by Crippen LogP contribution is 2.37. The van der Waals surface area contributed by atoms with Gasteiger partial charge in [-0.25, -0.2) is 0 Å². The molecule has 0 aliphatic rings. The molecule has 1 unspecified atom stereocenters. The molecule has 9 heteroatoms. The summed E-state index contributed by atoms with van der Waals surface area (Å²) >= 11 is 6.85. The molecule has 3 rings (SSSR count). The summed E-state index contributed by atoms with van der Waals surface area (Å²) in [5, 5.41) is 4.38. The molecule has 0 saturated carbocycles. The first kappa shape index (κ1) is 24.7. The summed E-state index contributed by atoms with van der Waals surface area (Å²) < 4.78 is 39.7. The molecule has 0 spiro atoms. The first-order chi connectivity index (χ1) is 15.5. The molecule has 0 aliphatic heterocycles. The van der Waals surface area contributed by atoms with Crippen LogP contribution in [-0.4, -0.2) is 17.1 Å². The lowest BCUT2D eigenvalue weighted by molar-refractivity contribution is -0.137. The second kappa shape index (κ2) is 10.3. The van der Waals surface area contributed by atoms with Gasteiger partial charge in [0.05, 0.1) is 16.5 Å². The molecule has 3 aromatic carbocycles. The first-order valence-electron chi connectivity index (χ1n) is 9.85. The molecule has 1 atom stereocenters. The van der Waals surface area contributed by atoms with E-state index >= 15 is 0 Å². The van der Waals surface area contributed by atoms with Crippen molar-refractivity contribution in [1.29, 1.82) is 0 Å². The number of nitrogens with one attached hydrogen (secondary N) is 2. The molecule has 3 aromatic rings. The van der Waals surface area contributed by atoms with E-state index in [1.54, 1.807) is 43.3 Å². The number of rotatable bonds is 6. The van der Waals surface area contributed by atoms with Crippen LogP contribution in [0.2, 0.25) is 5.02 Å². The summed E-state index contributed by atoms with van der Waals surface area (Å²) in [6.07, 6.45) is -4.65. The van der Waals surface area contributed by atoms with Crippen LogP contribution in [0.5, 0.6) is 0 Å². The molecule has 33 heavy (non-hydrogen) atoms. The molecule has 4 nitrogen and oxygen atoms in total. The Hall–Kier alpha value is -2.97. The number of aryl methyl sites for hydroxylation is 1. The zero-order valence-corrected chi connectivity index (χ0v) is 19.2. The minimum atomic E-state index is -4.65. The number of hydrogen-bond donors (Lipinski definition) is 2. The van der Waals surface area contributed by atoms with Crippen molar-refractivity contribution in [3.63, 3.8) is 0 Å². The lowest BCUT2D eigenvalue weighted by Crippen LogP contribution is -2.24. The standard InChI is InChI=1S/C24H20ClF3N2O2S/c1-14-3-5-16(6-4-14)23(32)29-18-8-10-19(11-9-18)33-15(2)22(31)30-21-12-7-17(25)13-20(21)24(26,27)28/h3-13,15H,1-2H3,(H,29,32)(H,30,31). The maximum atomic E-state index is 13.2. The van der Waals surface area contributed by atoms with Crippen LogP contribution in [0, 0.1) is 6.92 Å². The van der Waals surface area contributed by atoms with Gasteiger partial charge < -0.3 is 10.6 Å². The zero-order valence-electron chi connectivity index (χ0n) is 17.7. The Balaban J connectivity index is 1.61. The van der Waals surface area contributed by atoms with Gasteiger partial charge in [-0.05, 0) is 68.4 Å². The monoisotopic (exact) mass is 492 g/mol. The van der Waals surface area contributed by atoms with Crippen molar-refractivity contribution in [3.8, 4) is 0 Å². The summed E-state index contributed by atoms with van der Waals surface area (Å²) in [5.41, 5.74) is 0.812. The Bertz CT molecular complexity index is 1150. The van der Waals surface area contributed by atoms with Gasteiger partial charge in [-0.3, -0.25) is 9.59 Å². The van der Waals surface area contributed by atoms with Crippen molar-refractivity contribution in [3.05, 3.63) is 88.4 Å². The third-order valence-electron chi connectivity index (χ3n) is 4.65. The molecule has 0 aliphatic carbocycles. The van der Waals surface area contributed by atoms with Crippen molar-refractivity contribution in [2.45, 2.75) is 30.2 Å². The smallest absolute Gasteiger partial charge is 0.325 e. The normalized spacial score (nSPS) is 12.2. The van der Waals surface area contributed by atoms with Gasteiger partial charge in [0.15, 0.2) is 0 Å². The van der Waals surface area contributed by atoms with Gasteiger partial charge in [0.1, 0.15) is 0 Å². The second-order valence-electron chi connectivity index (χ2n) is 7.28. The minimum absolute atomic E-state index is 0.0719. The van der Waals surface area contributed by atoms with Gasteiger partial charge in [0.25, 0.3) is 5.91 Å². The van der Waals surface area contributed by atoms with E-state index < -0.39 is 22.9 Å². The average molecular weight is 493 g/mol. The number of thioether (sulfide) groups is 1. The largest absolute Gasteiger partial charge is 0.418 e. The van der Waals surface area contributed by atoms with Crippen LogP contribution in [-0.2, 0) is 11.0 Å². The van der Waals surface area contributed by atoms with Crippen LogP contribution >= 0.6 is 23.4 Å². The van der Waals surface area contributed by atoms with E-state index in [-0.39, 0.29) is 16.6 Å². The Morgan fingerprint density at radius 3 is 2.18 bits per heavy atom. The summed E-state index contributed by atoms with van der Waals surface area (Å²) in [4.78, 5) is 25.5. The van der Waals surface area contributed by atoms with Crippen LogP contribution in [0.1, 0.15) is 28.4 Å². The highest BCUT2D eigenvalue weighted by molar-refractivity contribution is 8.00. The third-order valence-corrected chi connectivity index (χ3v) is 6.00. The number of carbonyl (C=O) groups is 2. The molecule has 0 fully saturated rings. The average Bonchev–Trinajstić information content (AvgIpc) is 2.76. The maximum absolute atomic E-state index is 13.2. The minimum Gasteiger partial charge on any atom is -0.325 e. The molecular weight excluding hydrogens is 473 g/mol. The van der Waals surface area contributed by atoms with Crippen LogP contribution in [0.4, 0.5) is 24.5 Å². The molecule has 0 saturated heterocycles. The number of anilines is 2. The van der Waals surface area contributed by atoms with Gasteiger partial charge in [-0.2, -0.15) is 13.2 Å². The van der Waals surface area contributed by atoms with Crippen molar-refractivity contribution >= 4 is 46.6 Å². The summed E-state index contributed by atoms with van der Waals surface area (Å²) in [6.45, 7) is 3.53. The van der Waals surface area contributed by atoms with Crippen LogP contribution in [0.3, 0.4) is 0 Å². The Morgan fingerprint density at radius 1 is 0.939 bits per heavy atom. The maximum Gasteiger partial charge on any atom is 0.418 e. The number of amides is 2. The van der Waals surface area contributed by atoms with Crippen molar-refractivity contribution < 1.29 is 22.8 Å². The van der Waals surface area contributed by atoms with Crippen LogP contribution < -0.4 is 10.6 Å². The molecule has 2 amide bonds. The molecule has 2 N–H and O–H groups in total. The number of halogens is 4. The van der Waals surface area contributed by atoms with Crippen molar-refractivity contribution in [2.24, 2.45) is 0 Å². The van der Waals surface area contributed by atoms with E-state index in [2.05, 4.69) is 10.6 Å².